The molecule has 3 rings (SSSR count). The molecule has 1 aliphatic rings. The number of amides is 1. The summed E-state index contributed by atoms with van der Waals surface area (Å²) in [5.74, 6) is 0.712. The van der Waals surface area contributed by atoms with Crippen LogP contribution in [0.4, 0.5) is 5.69 Å². The molecule has 0 aliphatic carbocycles. The molecule has 0 saturated heterocycles. The fraction of sp³-hybridized carbons (Fsp3) is 0.333. The molecule has 154 valence electrons. The van der Waals surface area contributed by atoms with Crippen LogP contribution < -0.4 is 16.0 Å². The Balaban J connectivity index is 1.48. The Hall–Kier alpha value is -2.87. The zero-order valence-corrected chi connectivity index (χ0v) is 17.2. The quantitative estimate of drug-likeness (QED) is 0.366. The topological polar surface area (TPSA) is 99.7 Å². The van der Waals surface area contributed by atoms with Crippen molar-refractivity contribution >= 4 is 27.4 Å². The average Bonchev–Trinajstić information content (AvgIpc) is 2.73. The third-order valence-corrected chi connectivity index (χ3v) is 6.65. The number of carbonyl (C=O) groups is 1. The second-order valence-corrected chi connectivity index (χ2v) is 9.01. The lowest BCUT2D eigenvalue weighted by atomic mass is 9.90. The van der Waals surface area contributed by atoms with E-state index in [0.717, 1.165) is 11.3 Å². The number of hydrogen-bond acceptors (Lipinski definition) is 4. The van der Waals surface area contributed by atoms with Crippen molar-refractivity contribution in [3.8, 4) is 0 Å². The summed E-state index contributed by atoms with van der Waals surface area (Å²) in [6.45, 7) is 1.04. The van der Waals surface area contributed by atoms with E-state index in [1.54, 1.807) is 37.4 Å². The van der Waals surface area contributed by atoms with E-state index < -0.39 is 9.84 Å². The number of benzene rings is 2. The SMILES string of the molecule is CN=C(NCCCS(=O)(=O)c1ccccc1)NCC1CC(=O)Nc2ccccc21. The lowest BCUT2D eigenvalue weighted by Crippen LogP contribution is -2.41. The largest absolute Gasteiger partial charge is 0.356 e. The van der Waals surface area contributed by atoms with Crippen molar-refractivity contribution in [1.29, 1.82) is 0 Å². The minimum absolute atomic E-state index is 0.00423. The highest BCUT2D eigenvalue weighted by Gasteiger charge is 2.24. The van der Waals surface area contributed by atoms with Crippen molar-refractivity contribution in [2.75, 3.05) is 31.2 Å². The number of nitrogens with one attached hydrogen (secondary N) is 3. The summed E-state index contributed by atoms with van der Waals surface area (Å²) in [5.41, 5.74) is 1.95. The maximum absolute atomic E-state index is 12.3. The number of aliphatic imine (C=N–C) groups is 1. The van der Waals surface area contributed by atoms with Crippen LogP contribution in [-0.4, -0.2) is 46.2 Å². The summed E-state index contributed by atoms with van der Waals surface area (Å²) >= 11 is 0. The van der Waals surface area contributed by atoms with Gasteiger partial charge in [0.1, 0.15) is 0 Å². The minimum Gasteiger partial charge on any atom is -0.356 e. The molecule has 0 aromatic heterocycles. The Morgan fingerprint density at radius 3 is 2.59 bits per heavy atom. The standard InChI is InChI=1S/C21H26N4O3S/c1-22-21(23-12-7-13-29(27,28)17-8-3-2-4-9-17)24-15-16-14-20(26)25-19-11-6-5-10-18(16)19/h2-6,8-11,16H,7,12-15H2,1H3,(H,25,26)(H2,22,23,24). The smallest absolute Gasteiger partial charge is 0.225 e. The van der Waals surface area contributed by atoms with Gasteiger partial charge in [-0.1, -0.05) is 36.4 Å². The van der Waals surface area contributed by atoms with Crippen LogP contribution in [0.25, 0.3) is 0 Å². The molecule has 0 fully saturated rings. The summed E-state index contributed by atoms with van der Waals surface area (Å²) in [6.07, 6.45) is 0.878. The van der Waals surface area contributed by atoms with E-state index in [1.165, 1.54) is 0 Å². The van der Waals surface area contributed by atoms with Gasteiger partial charge < -0.3 is 16.0 Å². The number of guanidine groups is 1. The van der Waals surface area contributed by atoms with Crippen LogP contribution in [0.1, 0.15) is 24.3 Å². The third-order valence-electron chi connectivity index (χ3n) is 4.83. The van der Waals surface area contributed by atoms with Gasteiger partial charge in [-0.25, -0.2) is 8.42 Å². The Bertz CT molecular complexity index is 974. The van der Waals surface area contributed by atoms with Crippen LogP contribution >= 0.6 is 0 Å². The van der Waals surface area contributed by atoms with E-state index in [2.05, 4.69) is 20.9 Å². The fourth-order valence-corrected chi connectivity index (χ4v) is 4.67. The molecule has 1 atom stereocenters. The Kier molecular flexibility index (Phi) is 6.87. The van der Waals surface area contributed by atoms with E-state index >= 15 is 0 Å². The molecule has 1 aliphatic heterocycles. The molecule has 2 aromatic rings. The average molecular weight is 415 g/mol. The van der Waals surface area contributed by atoms with Crippen LogP contribution in [0.3, 0.4) is 0 Å². The van der Waals surface area contributed by atoms with Gasteiger partial charge in [0, 0.05) is 38.2 Å². The highest BCUT2D eigenvalue weighted by molar-refractivity contribution is 7.91. The summed E-state index contributed by atoms with van der Waals surface area (Å²) in [7, 11) is -1.61. The molecule has 1 unspecified atom stereocenters. The van der Waals surface area contributed by atoms with Crippen molar-refractivity contribution in [3.63, 3.8) is 0 Å². The second kappa shape index (κ2) is 9.56. The van der Waals surface area contributed by atoms with Gasteiger partial charge in [-0.05, 0) is 30.2 Å². The van der Waals surface area contributed by atoms with Crippen LogP contribution in [0.15, 0.2) is 64.5 Å². The molecule has 29 heavy (non-hydrogen) atoms. The monoisotopic (exact) mass is 414 g/mol. The molecule has 3 N–H and O–H groups in total. The molecule has 1 amide bonds. The number of nitrogens with zero attached hydrogens (tertiary/aromatic N) is 1. The van der Waals surface area contributed by atoms with Crippen molar-refractivity contribution in [3.05, 3.63) is 60.2 Å². The number of rotatable bonds is 7. The molecule has 2 aromatic carbocycles. The van der Waals surface area contributed by atoms with E-state index in [-0.39, 0.29) is 17.6 Å². The van der Waals surface area contributed by atoms with Gasteiger partial charge in [0.2, 0.25) is 5.91 Å². The third kappa shape index (κ3) is 5.57. The summed E-state index contributed by atoms with van der Waals surface area (Å²) in [4.78, 5) is 16.5. The molecule has 0 spiro atoms. The molecular formula is C21H26N4O3S. The minimum atomic E-state index is -3.28. The number of sulfone groups is 1. The highest BCUT2D eigenvalue weighted by atomic mass is 32.2. The molecule has 8 heteroatoms. The molecule has 0 radical (unpaired) electrons. The van der Waals surface area contributed by atoms with Crippen molar-refractivity contribution in [1.82, 2.24) is 10.6 Å². The van der Waals surface area contributed by atoms with Gasteiger partial charge in [-0.3, -0.25) is 9.79 Å². The number of carbonyl (C=O) groups excluding carboxylic acids is 1. The number of para-hydroxylation sites is 1. The fourth-order valence-electron chi connectivity index (χ4n) is 3.34. The van der Waals surface area contributed by atoms with Gasteiger partial charge in [0.05, 0.1) is 10.6 Å². The zero-order chi connectivity index (χ0) is 20.7. The van der Waals surface area contributed by atoms with Crippen LogP contribution in [0.5, 0.6) is 0 Å². The Morgan fingerprint density at radius 1 is 1.10 bits per heavy atom. The second-order valence-electron chi connectivity index (χ2n) is 6.90. The van der Waals surface area contributed by atoms with Crippen molar-refractivity contribution < 1.29 is 13.2 Å². The lowest BCUT2D eigenvalue weighted by Gasteiger charge is -2.26. The Labute approximate surface area is 171 Å². The van der Waals surface area contributed by atoms with Gasteiger partial charge in [-0.2, -0.15) is 0 Å². The Morgan fingerprint density at radius 2 is 1.83 bits per heavy atom. The number of hydrogen-bond donors (Lipinski definition) is 3. The molecule has 1 heterocycles. The first-order valence-electron chi connectivity index (χ1n) is 9.60. The van der Waals surface area contributed by atoms with Crippen LogP contribution in [0, 0.1) is 0 Å². The van der Waals surface area contributed by atoms with E-state index in [9.17, 15) is 13.2 Å². The summed E-state index contributed by atoms with van der Waals surface area (Å²) < 4.78 is 24.6. The van der Waals surface area contributed by atoms with Gasteiger partial charge in [-0.15, -0.1) is 0 Å². The van der Waals surface area contributed by atoms with Crippen molar-refractivity contribution in [2.45, 2.75) is 23.7 Å². The zero-order valence-electron chi connectivity index (χ0n) is 16.4. The van der Waals surface area contributed by atoms with Crippen molar-refractivity contribution in [2.24, 2.45) is 4.99 Å². The first kappa shape index (κ1) is 20.9. The summed E-state index contributed by atoms with van der Waals surface area (Å²) in [6, 6.07) is 16.3. The first-order chi connectivity index (χ1) is 14.0. The van der Waals surface area contributed by atoms with Gasteiger partial charge in [0.25, 0.3) is 0 Å². The molecule has 7 nitrogen and oxygen atoms in total. The maximum Gasteiger partial charge on any atom is 0.225 e. The molecular weight excluding hydrogens is 388 g/mol. The molecule has 0 saturated carbocycles. The normalized spacial score (nSPS) is 16.7. The number of anilines is 1. The summed E-state index contributed by atoms with van der Waals surface area (Å²) in [5, 5.41) is 9.27. The lowest BCUT2D eigenvalue weighted by molar-refractivity contribution is -0.116. The van der Waals surface area contributed by atoms with E-state index in [0.29, 0.717) is 36.8 Å². The van der Waals surface area contributed by atoms with Crippen LogP contribution in [-0.2, 0) is 14.6 Å². The molecule has 0 bridgehead atoms. The van der Waals surface area contributed by atoms with E-state index in [1.807, 2.05) is 24.3 Å². The van der Waals surface area contributed by atoms with Crippen LogP contribution in [0.2, 0.25) is 0 Å². The predicted octanol–water partition coefficient (Wildman–Crippen LogP) is 2.14. The van der Waals surface area contributed by atoms with Gasteiger partial charge in [0.15, 0.2) is 15.8 Å². The number of fused-ring (bicyclic) bond motifs is 1. The van der Waals surface area contributed by atoms with E-state index in [4.69, 9.17) is 0 Å². The first-order valence-corrected chi connectivity index (χ1v) is 11.3. The maximum atomic E-state index is 12.3. The highest BCUT2D eigenvalue weighted by Crippen LogP contribution is 2.31. The predicted molar refractivity (Wildman–Crippen MR) is 115 cm³/mol. The van der Waals surface area contributed by atoms with Gasteiger partial charge >= 0.3 is 0 Å².